The van der Waals surface area contributed by atoms with E-state index in [1.807, 2.05) is 31.4 Å². The molecule has 2 rings (SSSR count). The minimum Gasteiger partial charge on any atom is -0.332 e. The van der Waals surface area contributed by atoms with Crippen LogP contribution in [0.15, 0.2) is 30.5 Å². The van der Waals surface area contributed by atoms with Gasteiger partial charge in [0.15, 0.2) is 10.9 Å². The standard InChI is InChI=1S/C13H16N4S/c1-9-5-4-6-11(10(9)2)14-13(18)15-12-7-8-17(3)16-12/h4-8H,1-3H3,(H2,14,15,16,18). The second kappa shape index (κ2) is 5.18. The van der Waals surface area contributed by atoms with Crippen molar-refractivity contribution in [2.24, 2.45) is 7.05 Å². The van der Waals surface area contributed by atoms with Gasteiger partial charge in [0.05, 0.1) is 0 Å². The number of aryl methyl sites for hydroxylation is 2. The van der Waals surface area contributed by atoms with E-state index >= 15 is 0 Å². The number of hydrogen-bond acceptors (Lipinski definition) is 2. The van der Waals surface area contributed by atoms with Crippen LogP contribution in [0.1, 0.15) is 11.1 Å². The Labute approximate surface area is 112 Å². The van der Waals surface area contributed by atoms with Gasteiger partial charge < -0.3 is 10.6 Å². The second-order valence-electron chi connectivity index (χ2n) is 4.20. The Morgan fingerprint density at radius 1 is 1.22 bits per heavy atom. The van der Waals surface area contributed by atoms with Crippen molar-refractivity contribution in [3.05, 3.63) is 41.6 Å². The third-order valence-electron chi connectivity index (χ3n) is 2.81. The molecule has 2 aromatic rings. The van der Waals surface area contributed by atoms with E-state index in [1.165, 1.54) is 11.1 Å². The molecule has 1 heterocycles. The van der Waals surface area contributed by atoms with E-state index in [1.54, 1.807) is 4.68 Å². The third-order valence-corrected chi connectivity index (χ3v) is 3.01. The Balaban J connectivity index is 2.05. The van der Waals surface area contributed by atoms with Crippen LogP contribution in [0.4, 0.5) is 11.5 Å². The SMILES string of the molecule is Cc1cccc(NC(=S)Nc2ccn(C)n2)c1C. The molecule has 1 aromatic carbocycles. The molecule has 0 atom stereocenters. The van der Waals surface area contributed by atoms with Gasteiger partial charge >= 0.3 is 0 Å². The molecule has 0 fully saturated rings. The number of rotatable bonds is 2. The number of nitrogens with zero attached hydrogens (tertiary/aromatic N) is 2. The molecule has 0 bridgehead atoms. The molecule has 1 aromatic heterocycles. The van der Waals surface area contributed by atoms with E-state index in [9.17, 15) is 0 Å². The average Bonchev–Trinajstić information content (AvgIpc) is 2.70. The lowest BCUT2D eigenvalue weighted by Gasteiger charge is -2.12. The second-order valence-corrected chi connectivity index (χ2v) is 4.61. The molecule has 0 unspecified atom stereocenters. The molecule has 0 spiro atoms. The minimum atomic E-state index is 0.544. The Hall–Kier alpha value is -1.88. The van der Waals surface area contributed by atoms with Gasteiger partial charge in [-0.25, -0.2) is 0 Å². The van der Waals surface area contributed by atoms with Crippen molar-refractivity contribution in [2.75, 3.05) is 10.6 Å². The first-order chi connectivity index (χ1) is 8.56. The number of nitrogens with one attached hydrogen (secondary N) is 2. The molecule has 0 saturated heterocycles. The zero-order chi connectivity index (χ0) is 13.1. The highest BCUT2D eigenvalue weighted by atomic mass is 32.1. The van der Waals surface area contributed by atoms with Gasteiger partial charge in [-0.1, -0.05) is 12.1 Å². The zero-order valence-electron chi connectivity index (χ0n) is 10.7. The number of thiocarbonyl (C=S) groups is 1. The van der Waals surface area contributed by atoms with Crippen LogP contribution in [0, 0.1) is 13.8 Å². The molecule has 0 aliphatic rings. The van der Waals surface area contributed by atoms with Gasteiger partial charge in [0.1, 0.15) is 0 Å². The lowest BCUT2D eigenvalue weighted by Crippen LogP contribution is -2.20. The Kier molecular flexibility index (Phi) is 3.62. The van der Waals surface area contributed by atoms with Crippen LogP contribution < -0.4 is 10.6 Å². The van der Waals surface area contributed by atoms with Crippen molar-refractivity contribution in [1.82, 2.24) is 9.78 Å². The van der Waals surface area contributed by atoms with E-state index < -0.39 is 0 Å². The Morgan fingerprint density at radius 3 is 2.67 bits per heavy atom. The molecule has 0 saturated carbocycles. The molecule has 5 heteroatoms. The van der Waals surface area contributed by atoms with E-state index in [0.29, 0.717) is 5.11 Å². The van der Waals surface area contributed by atoms with E-state index in [2.05, 4.69) is 35.6 Å². The maximum atomic E-state index is 5.26. The van der Waals surface area contributed by atoms with E-state index in [4.69, 9.17) is 12.2 Å². The summed E-state index contributed by atoms with van der Waals surface area (Å²) in [6, 6.07) is 7.97. The van der Waals surface area contributed by atoms with Gasteiger partial charge in [-0.05, 0) is 43.3 Å². The summed E-state index contributed by atoms with van der Waals surface area (Å²) in [5.41, 5.74) is 3.45. The van der Waals surface area contributed by atoms with Crippen molar-refractivity contribution in [1.29, 1.82) is 0 Å². The Morgan fingerprint density at radius 2 is 2.00 bits per heavy atom. The number of hydrogen-bond donors (Lipinski definition) is 2. The van der Waals surface area contributed by atoms with Gasteiger partial charge in [0, 0.05) is 25.0 Å². The summed E-state index contributed by atoms with van der Waals surface area (Å²) in [5.74, 6) is 0.736. The van der Waals surface area contributed by atoms with Crippen molar-refractivity contribution < 1.29 is 0 Å². The van der Waals surface area contributed by atoms with Crippen LogP contribution in [-0.2, 0) is 7.05 Å². The van der Waals surface area contributed by atoms with Crippen molar-refractivity contribution in [3.8, 4) is 0 Å². The molecule has 94 valence electrons. The molecular formula is C13H16N4S. The Bertz CT molecular complexity index is 574. The van der Waals surface area contributed by atoms with E-state index in [-0.39, 0.29) is 0 Å². The highest BCUT2D eigenvalue weighted by Gasteiger charge is 2.04. The number of aromatic nitrogens is 2. The zero-order valence-corrected chi connectivity index (χ0v) is 11.5. The van der Waals surface area contributed by atoms with Gasteiger partial charge in [-0.15, -0.1) is 0 Å². The van der Waals surface area contributed by atoms with Crippen molar-refractivity contribution >= 4 is 28.8 Å². The number of benzene rings is 1. The summed E-state index contributed by atoms with van der Waals surface area (Å²) >= 11 is 5.26. The lowest BCUT2D eigenvalue weighted by molar-refractivity contribution is 0.772. The third kappa shape index (κ3) is 2.87. The summed E-state index contributed by atoms with van der Waals surface area (Å²) in [5, 5.41) is 11.0. The molecule has 18 heavy (non-hydrogen) atoms. The summed E-state index contributed by atoms with van der Waals surface area (Å²) in [6.07, 6.45) is 1.86. The van der Waals surface area contributed by atoms with Crippen LogP contribution >= 0.6 is 12.2 Å². The fourth-order valence-corrected chi connectivity index (χ4v) is 1.85. The molecule has 4 nitrogen and oxygen atoms in total. The maximum absolute atomic E-state index is 5.26. The molecular weight excluding hydrogens is 244 g/mol. The topological polar surface area (TPSA) is 41.9 Å². The van der Waals surface area contributed by atoms with Crippen molar-refractivity contribution in [3.63, 3.8) is 0 Å². The summed E-state index contributed by atoms with van der Waals surface area (Å²) in [7, 11) is 1.87. The van der Waals surface area contributed by atoms with Gasteiger partial charge in [-0.2, -0.15) is 5.10 Å². The normalized spacial score (nSPS) is 10.2. The van der Waals surface area contributed by atoms with E-state index in [0.717, 1.165) is 11.5 Å². The largest absolute Gasteiger partial charge is 0.332 e. The van der Waals surface area contributed by atoms with Crippen molar-refractivity contribution in [2.45, 2.75) is 13.8 Å². The predicted molar refractivity (Wildman–Crippen MR) is 79.0 cm³/mol. The molecule has 2 N–H and O–H groups in total. The lowest BCUT2D eigenvalue weighted by atomic mass is 10.1. The fourth-order valence-electron chi connectivity index (χ4n) is 1.64. The molecule has 0 radical (unpaired) electrons. The van der Waals surface area contributed by atoms with Gasteiger partial charge in [0.2, 0.25) is 0 Å². The summed E-state index contributed by atoms with van der Waals surface area (Å²) in [6.45, 7) is 4.15. The van der Waals surface area contributed by atoms with Crippen LogP contribution in [-0.4, -0.2) is 14.9 Å². The first-order valence-corrected chi connectivity index (χ1v) is 6.11. The smallest absolute Gasteiger partial charge is 0.176 e. The predicted octanol–water partition coefficient (Wildman–Crippen LogP) is 2.85. The number of anilines is 2. The average molecular weight is 260 g/mol. The first kappa shape index (κ1) is 12.6. The maximum Gasteiger partial charge on any atom is 0.176 e. The minimum absolute atomic E-state index is 0.544. The van der Waals surface area contributed by atoms with Gasteiger partial charge in [-0.3, -0.25) is 4.68 Å². The van der Waals surface area contributed by atoms with Crippen LogP contribution in [0.2, 0.25) is 0 Å². The van der Waals surface area contributed by atoms with Gasteiger partial charge in [0.25, 0.3) is 0 Å². The first-order valence-electron chi connectivity index (χ1n) is 5.70. The summed E-state index contributed by atoms with van der Waals surface area (Å²) in [4.78, 5) is 0. The quantitative estimate of drug-likeness (QED) is 0.815. The summed E-state index contributed by atoms with van der Waals surface area (Å²) < 4.78 is 1.73. The van der Waals surface area contributed by atoms with Crippen LogP contribution in [0.25, 0.3) is 0 Å². The molecule has 0 aliphatic carbocycles. The van der Waals surface area contributed by atoms with Crippen LogP contribution in [0.5, 0.6) is 0 Å². The van der Waals surface area contributed by atoms with Crippen LogP contribution in [0.3, 0.4) is 0 Å². The highest BCUT2D eigenvalue weighted by molar-refractivity contribution is 7.80. The monoisotopic (exact) mass is 260 g/mol. The fraction of sp³-hybridized carbons (Fsp3) is 0.231. The highest BCUT2D eigenvalue weighted by Crippen LogP contribution is 2.18. The molecule has 0 aliphatic heterocycles. The molecule has 0 amide bonds.